The van der Waals surface area contributed by atoms with Crippen LogP contribution in [0.15, 0.2) is 18.2 Å². The smallest absolute Gasteiger partial charge is 0.255 e. The van der Waals surface area contributed by atoms with E-state index in [2.05, 4.69) is 10.2 Å². The summed E-state index contributed by atoms with van der Waals surface area (Å²) in [5, 5.41) is 11.6. The molecule has 0 spiro atoms. The molecule has 2 heterocycles. The number of nitrogens with zero attached hydrogens (tertiary/aromatic N) is 2. The molecule has 1 aromatic rings. The van der Waals surface area contributed by atoms with Crippen molar-refractivity contribution in [2.75, 3.05) is 26.2 Å². The van der Waals surface area contributed by atoms with Crippen LogP contribution in [0.5, 0.6) is 0 Å². The summed E-state index contributed by atoms with van der Waals surface area (Å²) < 4.78 is 0. The van der Waals surface area contributed by atoms with Crippen LogP contribution < -0.4 is 11.1 Å². The normalized spacial score (nSPS) is 19.6. The lowest BCUT2D eigenvalue weighted by Gasteiger charge is -2.29. The Balaban J connectivity index is 1.71. The zero-order chi connectivity index (χ0) is 19.4. The van der Waals surface area contributed by atoms with Gasteiger partial charge >= 0.3 is 0 Å². The number of imide groups is 1. The largest absolute Gasteiger partial charge is 0.395 e. The molecule has 3 rings (SSSR count). The Kier molecular flexibility index (Phi) is 6.20. The Hall–Kier alpha value is -2.29. The molecule has 2 aliphatic heterocycles. The van der Waals surface area contributed by atoms with E-state index in [1.54, 1.807) is 11.0 Å². The van der Waals surface area contributed by atoms with E-state index in [1.165, 1.54) is 0 Å². The molecule has 8 nitrogen and oxygen atoms in total. The molecule has 3 amide bonds. The van der Waals surface area contributed by atoms with E-state index in [-0.39, 0.29) is 24.8 Å². The van der Waals surface area contributed by atoms with Crippen molar-refractivity contribution >= 4 is 17.7 Å². The molecule has 4 N–H and O–H groups in total. The second-order valence-corrected chi connectivity index (χ2v) is 7.03. The van der Waals surface area contributed by atoms with Gasteiger partial charge < -0.3 is 15.7 Å². The minimum absolute atomic E-state index is 0.0806. The standard InChI is InChI=1S/C19H26N4O4/c20-6-1-7-22(8-9-24)11-13-2-3-15-14(10-13)12-23(19(15)27)16-4-5-17(25)21-18(16)26/h2-3,10,16,24H,1,4-9,11-12,20H2,(H,21,25,26). The SMILES string of the molecule is NCCCN(CCO)Cc1ccc2c(c1)CN(C1CCC(=O)NC1=O)C2=O. The van der Waals surface area contributed by atoms with Crippen LogP contribution in [0.3, 0.4) is 0 Å². The number of hydrogen-bond acceptors (Lipinski definition) is 6. The van der Waals surface area contributed by atoms with Gasteiger partial charge in [-0.05, 0) is 43.1 Å². The van der Waals surface area contributed by atoms with E-state index in [9.17, 15) is 19.5 Å². The third-order valence-electron chi connectivity index (χ3n) is 5.09. The van der Waals surface area contributed by atoms with Crippen LogP contribution in [-0.4, -0.2) is 64.9 Å². The van der Waals surface area contributed by atoms with Crippen LogP contribution >= 0.6 is 0 Å². The van der Waals surface area contributed by atoms with E-state index in [4.69, 9.17) is 5.73 Å². The van der Waals surface area contributed by atoms with E-state index in [0.717, 1.165) is 24.1 Å². The molecule has 1 fully saturated rings. The molecule has 0 aromatic heterocycles. The van der Waals surface area contributed by atoms with Crippen molar-refractivity contribution in [3.63, 3.8) is 0 Å². The molecule has 2 aliphatic rings. The van der Waals surface area contributed by atoms with Gasteiger partial charge in [0.2, 0.25) is 11.8 Å². The number of carbonyl (C=O) groups excluding carboxylic acids is 3. The maximum absolute atomic E-state index is 12.7. The lowest BCUT2D eigenvalue weighted by molar-refractivity contribution is -0.136. The van der Waals surface area contributed by atoms with Gasteiger partial charge in [0.05, 0.1) is 6.61 Å². The minimum Gasteiger partial charge on any atom is -0.395 e. The first-order valence-corrected chi connectivity index (χ1v) is 9.33. The van der Waals surface area contributed by atoms with E-state index in [1.807, 2.05) is 12.1 Å². The van der Waals surface area contributed by atoms with E-state index >= 15 is 0 Å². The van der Waals surface area contributed by atoms with Crippen LogP contribution in [-0.2, 0) is 22.7 Å². The fourth-order valence-corrected chi connectivity index (χ4v) is 3.71. The Morgan fingerprint density at radius 1 is 1.26 bits per heavy atom. The van der Waals surface area contributed by atoms with Crippen LogP contribution in [0, 0.1) is 0 Å². The summed E-state index contributed by atoms with van der Waals surface area (Å²) in [5.41, 5.74) is 8.13. The molecular weight excluding hydrogens is 348 g/mol. The number of carbonyl (C=O) groups is 3. The average Bonchev–Trinajstić information content (AvgIpc) is 2.96. The first-order valence-electron chi connectivity index (χ1n) is 9.33. The highest BCUT2D eigenvalue weighted by atomic mass is 16.3. The number of rotatable bonds is 8. The van der Waals surface area contributed by atoms with Gasteiger partial charge in [-0.15, -0.1) is 0 Å². The number of amides is 3. The van der Waals surface area contributed by atoms with Crippen LogP contribution in [0.2, 0.25) is 0 Å². The Bertz CT molecular complexity index is 736. The third kappa shape index (κ3) is 4.35. The molecule has 1 atom stereocenters. The van der Waals surface area contributed by atoms with Gasteiger partial charge in [0.1, 0.15) is 6.04 Å². The highest BCUT2D eigenvalue weighted by Crippen LogP contribution is 2.28. The molecule has 0 aliphatic carbocycles. The fraction of sp³-hybridized carbons (Fsp3) is 0.526. The predicted octanol–water partition coefficient (Wildman–Crippen LogP) is -0.409. The summed E-state index contributed by atoms with van der Waals surface area (Å²) in [6.07, 6.45) is 1.46. The Morgan fingerprint density at radius 2 is 2.07 bits per heavy atom. The summed E-state index contributed by atoms with van der Waals surface area (Å²) in [6, 6.07) is 5.11. The van der Waals surface area contributed by atoms with Gasteiger partial charge in [-0.2, -0.15) is 0 Å². The molecule has 8 heteroatoms. The lowest BCUT2D eigenvalue weighted by Crippen LogP contribution is -2.52. The quantitative estimate of drug-likeness (QED) is 0.533. The van der Waals surface area contributed by atoms with Crippen molar-refractivity contribution in [1.82, 2.24) is 15.1 Å². The van der Waals surface area contributed by atoms with Gasteiger partial charge in [0, 0.05) is 31.6 Å². The molecule has 1 unspecified atom stereocenters. The summed E-state index contributed by atoms with van der Waals surface area (Å²) in [6.45, 7) is 3.09. The number of hydrogen-bond donors (Lipinski definition) is 3. The van der Waals surface area contributed by atoms with Crippen LogP contribution in [0.1, 0.15) is 40.7 Å². The molecular formula is C19H26N4O4. The molecule has 1 aromatic carbocycles. The number of nitrogens with one attached hydrogen (secondary N) is 1. The summed E-state index contributed by atoms with van der Waals surface area (Å²) >= 11 is 0. The molecule has 0 radical (unpaired) electrons. The number of aliphatic hydroxyl groups excluding tert-OH is 1. The number of aliphatic hydroxyl groups is 1. The van der Waals surface area contributed by atoms with Crippen molar-refractivity contribution in [2.24, 2.45) is 5.73 Å². The van der Waals surface area contributed by atoms with Crippen molar-refractivity contribution in [1.29, 1.82) is 0 Å². The van der Waals surface area contributed by atoms with Crippen molar-refractivity contribution < 1.29 is 19.5 Å². The maximum atomic E-state index is 12.7. The summed E-state index contributed by atoms with van der Waals surface area (Å²) in [7, 11) is 0. The van der Waals surface area contributed by atoms with Crippen molar-refractivity contribution in [2.45, 2.75) is 38.4 Å². The van der Waals surface area contributed by atoms with Crippen LogP contribution in [0.4, 0.5) is 0 Å². The highest BCUT2D eigenvalue weighted by molar-refractivity contribution is 6.05. The van der Waals surface area contributed by atoms with Gasteiger partial charge in [0.15, 0.2) is 0 Å². The number of piperidine rings is 1. The highest BCUT2D eigenvalue weighted by Gasteiger charge is 2.39. The van der Waals surface area contributed by atoms with E-state index in [0.29, 0.717) is 38.2 Å². The van der Waals surface area contributed by atoms with Gasteiger partial charge in [-0.3, -0.25) is 24.6 Å². The van der Waals surface area contributed by atoms with Crippen molar-refractivity contribution in [3.8, 4) is 0 Å². The summed E-state index contributed by atoms with van der Waals surface area (Å²) in [4.78, 5) is 39.8. The maximum Gasteiger partial charge on any atom is 0.255 e. The van der Waals surface area contributed by atoms with Gasteiger partial charge in [0.25, 0.3) is 5.91 Å². The number of benzene rings is 1. The third-order valence-corrected chi connectivity index (χ3v) is 5.09. The average molecular weight is 374 g/mol. The first-order chi connectivity index (χ1) is 13.0. The minimum atomic E-state index is -0.596. The first kappa shape index (κ1) is 19.5. The second-order valence-electron chi connectivity index (χ2n) is 7.03. The molecule has 146 valence electrons. The molecule has 0 saturated carbocycles. The van der Waals surface area contributed by atoms with Crippen molar-refractivity contribution in [3.05, 3.63) is 34.9 Å². The van der Waals surface area contributed by atoms with E-state index < -0.39 is 11.9 Å². The monoisotopic (exact) mass is 374 g/mol. The number of nitrogens with two attached hydrogens (primary N) is 1. The Morgan fingerprint density at radius 3 is 2.78 bits per heavy atom. The summed E-state index contributed by atoms with van der Waals surface area (Å²) in [5.74, 6) is -0.853. The topological polar surface area (TPSA) is 116 Å². The number of fused-ring (bicyclic) bond motifs is 1. The Labute approximate surface area is 158 Å². The molecule has 1 saturated heterocycles. The lowest BCUT2D eigenvalue weighted by atomic mass is 10.0. The van der Waals surface area contributed by atoms with Crippen LogP contribution in [0.25, 0.3) is 0 Å². The molecule has 27 heavy (non-hydrogen) atoms. The second kappa shape index (κ2) is 8.60. The fourth-order valence-electron chi connectivity index (χ4n) is 3.71. The predicted molar refractivity (Wildman–Crippen MR) is 98.5 cm³/mol. The zero-order valence-corrected chi connectivity index (χ0v) is 15.3. The van der Waals surface area contributed by atoms with Gasteiger partial charge in [-0.1, -0.05) is 12.1 Å². The molecule has 0 bridgehead atoms. The van der Waals surface area contributed by atoms with Gasteiger partial charge in [-0.25, -0.2) is 0 Å². The zero-order valence-electron chi connectivity index (χ0n) is 15.3.